The maximum absolute atomic E-state index is 5.69. The number of benzene rings is 1. The number of aromatic nitrogens is 1. The molecule has 0 fully saturated rings. The van der Waals surface area contributed by atoms with Crippen LogP contribution in [0.5, 0.6) is 0 Å². The molecule has 3 nitrogen and oxygen atoms in total. The van der Waals surface area contributed by atoms with Gasteiger partial charge in [0.1, 0.15) is 0 Å². The highest BCUT2D eigenvalue weighted by Gasteiger charge is 2.15. The molecule has 0 saturated heterocycles. The monoisotopic (exact) mass is 341 g/mol. The number of halogens is 1. The van der Waals surface area contributed by atoms with Crippen molar-refractivity contribution in [1.82, 2.24) is 4.98 Å². The summed E-state index contributed by atoms with van der Waals surface area (Å²) in [7, 11) is 0. The molecule has 0 aliphatic carbocycles. The Labute approximate surface area is 115 Å². The Bertz CT molecular complexity index is 564. The molecule has 0 bridgehead atoms. The third kappa shape index (κ3) is 2.11. The summed E-state index contributed by atoms with van der Waals surface area (Å²) in [5.74, 6) is 6.09. The smallest absolute Gasteiger partial charge is 0.0859 e. The number of anilines is 1. The van der Waals surface area contributed by atoms with Gasteiger partial charge in [0.25, 0.3) is 0 Å². The zero-order valence-corrected chi connectivity index (χ0v) is 12.4. The highest BCUT2D eigenvalue weighted by atomic mass is 127. The van der Waals surface area contributed by atoms with Crippen LogP contribution in [0.3, 0.4) is 0 Å². The van der Waals surface area contributed by atoms with Crippen LogP contribution in [-0.2, 0) is 0 Å². The topological polar surface area (TPSA) is 50.9 Å². The van der Waals surface area contributed by atoms with E-state index in [1.807, 2.05) is 13.0 Å². The van der Waals surface area contributed by atoms with Crippen LogP contribution >= 0.6 is 22.6 Å². The van der Waals surface area contributed by atoms with Crippen LogP contribution in [0.15, 0.2) is 18.2 Å². The fraction of sp³-hybridized carbons (Fsp3) is 0.308. The molecule has 1 heterocycles. The normalized spacial score (nSPS) is 11.2. The van der Waals surface area contributed by atoms with E-state index in [4.69, 9.17) is 10.8 Å². The molecule has 0 radical (unpaired) electrons. The molecule has 1 aromatic heterocycles. The molecule has 0 spiro atoms. The van der Waals surface area contributed by atoms with Crippen molar-refractivity contribution in [1.29, 1.82) is 0 Å². The summed E-state index contributed by atoms with van der Waals surface area (Å²) in [5, 5.41) is 1.09. The Hall–Kier alpha value is -0.880. The zero-order valence-electron chi connectivity index (χ0n) is 10.2. The number of hydrogen-bond donors (Lipinski definition) is 2. The van der Waals surface area contributed by atoms with Gasteiger partial charge in [-0.3, -0.25) is 10.8 Å². The highest BCUT2D eigenvalue weighted by molar-refractivity contribution is 14.1. The van der Waals surface area contributed by atoms with Gasteiger partial charge in [-0.05, 0) is 41.5 Å². The number of nitrogens with zero attached hydrogens (tertiary/aromatic N) is 1. The number of nitrogen functional groups attached to an aromatic ring is 1. The van der Waals surface area contributed by atoms with Gasteiger partial charge in [0.05, 0.1) is 11.2 Å². The first-order valence-corrected chi connectivity index (χ1v) is 6.69. The van der Waals surface area contributed by atoms with Crippen LogP contribution in [0, 0.1) is 10.5 Å². The average molecular weight is 341 g/mol. The predicted octanol–water partition coefficient (Wildman–Crippen LogP) is 3.56. The second-order valence-corrected chi connectivity index (χ2v) is 5.58. The Kier molecular flexibility index (Phi) is 3.53. The second-order valence-electron chi connectivity index (χ2n) is 4.42. The number of nitrogens with two attached hydrogens (primary N) is 1. The van der Waals surface area contributed by atoms with Gasteiger partial charge in [0.15, 0.2) is 0 Å². The van der Waals surface area contributed by atoms with E-state index in [-0.39, 0.29) is 0 Å². The van der Waals surface area contributed by atoms with E-state index in [0.29, 0.717) is 5.92 Å². The summed E-state index contributed by atoms with van der Waals surface area (Å²) in [6.07, 6.45) is 0. The number of hydrogen-bond acceptors (Lipinski definition) is 3. The van der Waals surface area contributed by atoms with E-state index >= 15 is 0 Å². The van der Waals surface area contributed by atoms with Gasteiger partial charge >= 0.3 is 0 Å². The van der Waals surface area contributed by atoms with Gasteiger partial charge in [-0.15, -0.1) is 0 Å². The summed E-state index contributed by atoms with van der Waals surface area (Å²) in [5.41, 5.74) is 7.10. The Morgan fingerprint density at radius 1 is 1.35 bits per heavy atom. The van der Waals surface area contributed by atoms with Gasteiger partial charge in [-0.1, -0.05) is 26.0 Å². The standard InChI is InChI=1S/C13H16IN3/c1-7(2)11-8(3)16-12-9(13(11)17-15)5-4-6-10(12)14/h4-7H,15H2,1-3H3,(H,16,17). The number of hydrazine groups is 1. The molecule has 2 aromatic rings. The third-order valence-corrected chi connectivity index (χ3v) is 3.79. The summed E-state index contributed by atoms with van der Waals surface area (Å²) in [6, 6.07) is 6.15. The van der Waals surface area contributed by atoms with E-state index < -0.39 is 0 Å². The quantitative estimate of drug-likeness (QED) is 0.499. The fourth-order valence-corrected chi connectivity index (χ4v) is 2.87. The summed E-state index contributed by atoms with van der Waals surface area (Å²) < 4.78 is 1.15. The SMILES string of the molecule is Cc1nc2c(I)cccc2c(NN)c1C(C)C. The van der Waals surface area contributed by atoms with Crippen LogP contribution < -0.4 is 11.3 Å². The van der Waals surface area contributed by atoms with Crippen LogP contribution in [0.1, 0.15) is 31.0 Å². The Morgan fingerprint density at radius 3 is 2.65 bits per heavy atom. The Balaban J connectivity index is 2.90. The molecule has 0 saturated carbocycles. The van der Waals surface area contributed by atoms with Gasteiger partial charge in [-0.25, -0.2) is 0 Å². The van der Waals surface area contributed by atoms with Crippen molar-refractivity contribution in [2.75, 3.05) is 5.43 Å². The number of aryl methyl sites for hydroxylation is 1. The molecule has 0 atom stereocenters. The van der Waals surface area contributed by atoms with E-state index in [1.165, 1.54) is 5.56 Å². The van der Waals surface area contributed by atoms with Gasteiger partial charge < -0.3 is 5.43 Å². The fourth-order valence-electron chi connectivity index (χ4n) is 2.25. The van der Waals surface area contributed by atoms with E-state index in [9.17, 15) is 0 Å². The first-order chi connectivity index (χ1) is 8.06. The van der Waals surface area contributed by atoms with Crippen LogP contribution in [0.25, 0.3) is 10.9 Å². The average Bonchev–Trinajstić information content (AvgIpc) is 2.28. The molecule has 1 aromatic carbocycles. The largest absolute Gasteiger partial charge is 0.323 e. The first-order valence-electron chi connectivity index (χ1n) is 5.61. The molecule has 2 rings (SSSR count). The van der Waals surface area contributed by atoms with Gasteiger partial charge in [0, 0.05) is 20.2 Å². The molecule has 0 unspecified atom stereocenters. The van der Waals surface area contributed by atoms with Crippen LogP contribution in [0.4, 0.5) is 5.69 Å². The number of fused-ring (bicyclic) bond motifs is 1. The van der Waals surface area contributed by atoms with Crippen molar-refractivity contribution in [3.8, 4) is 0 Å². The summed E-state index contributed by atoms with van der Waals surface area (Å²) >= 11 is 2.31. The lowest BCUT2D eigenvalue weighted by Crippen LogP contribution is -2.12. The molecule has 0 aliphatic heterocycles. The van der Waals surface area contributed by atoms with Crippen molar-refractivity contribution in [2.45, 2.75) is 26.7 Å². The maximum Gasteiger partial charge on any atom is 0.0859 e. The first kappa shape index (κ1) is 12.6. The lowest BCUT2D eigenvalue weighted by molar-refractivity contribution is 0.848. The van der Waals surface area contributed by atoms with Crippen molar-refractivity contribution in [2.24, 2.45) is 5.84 Å². The molecular formula is C13H16IN3. The van der Waals surface area contributed by atoms with Crippen LogP contribution in [-0.4, -0.2) is 4.98 Å². The molecule has 90 valence electrons. The highest BCUT2D eigenvalue weighted by Crippen LogP contribution is 2.34. The third-order valence-electron chi connectivity index (χ3n) is 2.92. The molecule has 17 heavy (non-hydrogen) atoms. The number of nitrogens with one attached hydrogen (secondary N) is 1. The minimum absolute atomic E-state index is 0.399. The number of pyridine rings is 1. The number of para-hydroxylation sites is 1. The second kappa shape index (κ2) is 4.78. The van der Waals surface area contributed by atoms with Crippen molar-refractivity contribution >= 4 is 39.2 Å². The molecule has 0 aliphatic rings. The van der Waals surface area contributed by atoms with Crippen molar-refractivity contribution < 1.29 is 0 Å². The lowest BCUT2D eigenvalue weighted by Gasteiger charge is -2.17. The molecule has 4 heteroatoms. The summed E-state index contributed by atoms with van der Waals surface area (Å²) in [6.45, 7) is 6.36. The maximum atomic E-state index is 5.69. The minimum atomic E-state index is 0.399. The van der Waals surface area contributed by atoms with Crippen molar-refractivity contribution in [3.63, 3.8) is 0 Å². The molecule has 0 amide bonds. The lowest BCUT2D eigenvalue weighted by atomic mass is 9.97. The Morgan fingerprint density at radius 2 is 2.06 bits per heavy atom. The summed E-state index contributed by atoms with van der Waals surface area (Å²) in [4.78, 5) is 4.70. The predicted molar refractivity (Wildman–Crippen MR) is 81.1 cm³/mol. The van der Waals surface area contributed by atoms with Gasteiger partial charge in [-0.2, -0.15) is 0 Å². The van der Waals surface area contributed by atoms with E-state index in [2.05, 4.69) is 54.0 Å². The molecule has 3 N–H and O–H groups in total. The zero-order chi connectivity index (χ0) is 12.6. The molecular weight excluding hydrogens is 325 g/mol. The van der Waals surface area contributed by atoms with Crippen LogP contribution in [0.2, 0.25) is 0 Å². The van der Waals surface area contributed by atoms with Gasteiger partial charge in [0.2, 0.25) is 0 Å². The number of rotatable bonds is 2. The van der Waals surface area contributed by atoms with E-state index in [1.54, 1.807) is 0 Å². The minimum Gasteiger partial charge on any atom is -0.323 e. The van der Waals surface area contributed by atoms with Crippen molar-refractivity contribution in [3.05, 3.63) is 33.0 Å². The van der Waals surface area contributed by atoms with E-state index in [0.717, 1.165) is 25.9 Å².